The number of aromatic nitrogens is 2. The third-order valence-electron chi connectivity index (χ3n) is 4.86. The number of rotatable bonds is 4. The lowest BCUT2D eigenvalue weighted by atomic mass is 10.2. The molecule has 0 bridgehead atoms. The zero-order valence-electron chi connectivity index (χ0n) is 15.7. The van der Waals surface area contributed by atoms with Crippen LogP contribution in [0.4, 0.5) is 5.82 Å². The molecule has 0 spiro atoms. The van der Waals surface area contributed by atoms with Crippen LogP contribution < -0.4 is 4.90 Å². The van der Waals surface area contributed by atoms with E-state index in [2.05, 4.69) is 14.8 Å². The largest absolute Gasteiger partial charge is 0.507 e. The number of furan rings is 1. The van der Waals surface area contributed by atoms with E-state index >= 15 is 0 Å². The van der Waals surface area contributed by atoms with Gasteiger partial charge in [-0.05, 0) is 38.1 Å². The highest BCUT2D eigenvalue weighted by atomic mass is 16.3. The number of hydrogen-bond acceptors (Lipinski definition) is 6. The summed E-state index contributed by atoms with van der Waals surface area (Å²) < 4.78 is 5.69. The Morgan fingerprint density at radius 1 is 1.00 bits per heavy atom. The Morgan fingerprint density at radius 2 is 1.78 bits per heavy atom. The van der Waals surface area contributed by atoms with Gasteiger partial charge in [-0.1, -0.05) is 12.1 Å². The van der Waals surface area contributed by atoms with Crippen LogP contribution >= 0.6 is 0 Å². The van der Waals surface area contributed by atoms with Gasteiger partial charge in [0.2, 0.25) is 0 Å². The van der Waals surface area contributed by atoms with Gasteiger partial charge in [0.25, 0.3) is 0 Å². The first kappa shape index (κ1) is 17.5. The molecule has 1 N–H and O–H groups in total. The van der Waals surface area contributed by atoms with Crippen molar-refractivity contribution in [2.24, 2.45) is 0 Å². The molecule has 1 aliphatic rings. The number of benzene rings is 1. The van der Waals surface area contributed by atoms with E-state index in [1.54, 1.807) is 12.1 Å². The SMILES string of the molecule is Cc1cc(N2CCN(Cc3ccc(C)o3)CC2)nc(-c2ccccc2O)n1. The number of nitrogens with zero attached hydrogens (tertiary/aromatic N) is 4. The minimum absolute atomic E-state index is 0.201. The fraction of sp³-hybridized carbons (Fsp3) is 0.333. The summed E-state index contributed by atoms with van der Waals surface area (Å²) in [6, 6.07) is 13.3. The second-order valence-electron chi connectivity index (χ2n) is 6.98. The molecule has 1 aromatic carbocycles. The van der Waals surface area contributed by atoms with Crippen molar-refractivity contribution in [1.82, 2.24) is 14.9 Å². The van der Waals surface area contributed by atoms with E-state index in [0.29, 0.717) is 11.4 Å². The van der Waals surface area contributed by atoms with Crippen LogP contribution in [-0.2, 0) is 6.54 Å². The summed E-state index contributed by atoms with van der Waals surface area (Å²) in [5.74, 6) is 3.65. The lowest BCUT2D eigenvalue weighted by Gasteiger charge is -2.35. The number of hydrogen-bond donors (Lipinski definition) is 1. The van der Waals surface area contributed by atoms with E-state index in [4.69, 9.17) is 9.40 Å². The van der Waals surface area contributed by atoms with Crippen molar-refractivity contribution < 1.29 is 9.52 Å². The Hall–Kier alpha value is -2.86. The molecule has 6 heteroatoms. The zero-order valence-corrected chi connectivity index (χ0v) is 15.7. The molecule has 0 unspecified atom stereocenters. The normalized spacial score (nSPS) is 15.3. The molecule has 1 saturated heterocycles. The van der Waals surface area contributed by atoms with Gasteiger partial charge in [0.15, 0.2) is 5.82 Å². The van der Waals surface area contributed by atoms with Crippen LogP contribution in [0, 0.1) is 13.8 Å². The molecule has 4 rings (SSSR count). The zero-order chi connectivity index (χ0) is 18.8. The van der Waals surface area contributed by atoms with Crippen LogP contribution in [0.25, 0.3) is 11.4 Å². The van der Waals surface area contributed by atoms with Gasteiger partial charge in [-0.25, -0.2) is 9.97 Å². The van der Waals surface area contributed by atoms with Gasteiger partial charge >= 0.3 is 0 Å². The summed E-state index contributed by atoms with van der Waals surface area (Å²) in [6.45, 7) is 8.48. The van der Waals surface area contributed by atoms with Gasteiger partial charge < -0.3 is 14.4 Å². The minimum atomic E-state index is 0.201. The van der Waals surface area contributed by atoms with Gasteiger partial charge in [0, 0.05) is 37.9 Å². The first-order valence-electron chi connectivity index (χ1n) is 9.25. The third-order valence-corrected chi connectivity index (χ3v) is 4.86. The Balaban J connectivity index is 1.47. The van der Waals surface area contributed by atoms with Gasteiger partial charge in [-0.15, -0.1) is 0 Å². The molecule has 0 aliphatic carbocycles. The summed E-state index contributed by atoms with van der Waals surface area (Å²) in [4.78, 5) is 13.9. The van der Waals surface area contributed by atoms with E-state index in [1.165, 1.54) is 0 Å². The Kier molecular flexibility index (Phi) is 4.81. The molecule has 0 atom stereocenters. The van der Waals surface area contributed by atoms with Crippen molar-refractivity contribution in [2.75, 3.05) is 31.1 Å². The van der Waals surface area contributed by atoms with Crippen LogP contribution in [-0.4, -0.2) is 46.2 Å². The smallest absolute Gasteiger partial charge is 0.165 e. The molecule has 140 valence electrons. The predicted molar refractivity (Wildman–Crippen MR) is 105 cm³/mol. The highest BCUT2D eigenvalue weighted by Gasteiger charge is 2.20. The quantitative estimate of drug-likeness (QED) is 0.766. The van der Waals surface area contributed by atoms with E-state index < -0.39 is 0 Å². The lowest BCUT2D eigenvalue weighted by molar-refractivity contribution is 0.229. The van der Waals surface area contributed by atoms with Crippen LogP contribution in [0.3, 0.4) is 0 Å². The Morgan fingerprint density at radius 3 is 2.48 bits per heavy atom. The second kappa shape index (κ2) is 7.40. The van der Waals surface area contributed by atoms with Crippen molar-refractivity contribution in [3.8, 4) is 17.1 Å². The summed E-state index contributed by atoms with van der Waals surface area (Å²) >= 11 is 0. The van der Waals surface area contributed by atoms with E-state index in [1.807, 2.05) is 44.2 Å². The molecular weight excluding hydrogens is 340 g/mol. The van der Waals surface area contributed by atoms with Gasteiger partial charge in [-0.2, -0.15) is 0 Å². The standard InChI is InChI=1S/C21H24N4O2/c1-15-13-20(23-21(22-15)18-5-3-4-6-19(18)26)25-11-9-24(10-12-25)14-17-8-7-16(2)27-17/h3-8,13,26H,9-12,14H2,1-2H3. The Bertz CT molecular complexity index is 929. The molecule has 0 saturated carbocycles. The van der Waals surface area contributed by atoms with Crippen molar-refractivity contribution in [2.45, 2.75) is 20.4 Å². The fourth-order valence-electron chi connectivity index (χ4n) is 3.42. The van der Waals surface area contributed by atoms with Gasteiger partial charge in [0.1, 0.15) is 23.1 Å². The van der Waals surface area contributed by atoms with Gasteiger partial charge in [0.05, 0.1) is 12.1 Å². The molecule has 3 aromatic rings. The third kappa shape index (κ3) is 3.95. The van der Waals surface area contributed by atoms with Crippen molar-refractivity contribution >= 4 is 5.82 Å². The molecule has 1 fully saturated rings. The summed E-state index contributed by atoms with van der Waals surface area (Å²) in [5.41, 5.74) is 1.56. The summed E-state index contributed by atoms with van der Waals surface area (Å²) in [5, 5.41) is 10.1. The Labute approximate surface area is 159 Å². The number of piperazine rings is 1. The molecule has 1 aliphatic heterocycles. The van der Waals surface area contributed by atoms with Gasteiger partial charge in [-0.3, -0.25) is 4.90 Å². The molecule has 2 aromatic heterocycles. The monoisotopic (exact) mass is 364 g/mol. The number of para-hydroxylation sites is 1. The minimum Gasteiger partial charge on any atom is -0.507 e. The predicted octanol–water partition coefficient (Wildman–Crippen LogP) is 3.38. The first-order chi connectivity index (χ1) is 13.1. The van der Waals surface area contributed by atoms with Crippen molar-refractivity contribution in [3.05, 3.63) is 59.7 Å². The summed E-state index contributed by atoms with van der Waals surface area (Å²) in [7, 11) is 0. The van der Waals surface area contributed by atoms with Crippen molar-refractivity contribution in [3.63, 3.8) is 0 Å². The first-order valence-corrected chi connectivity index (χ1v) is 9.25. The maximum absolute atomic E-state index is 10.1. The molecule has 27 heavy (non-hydrogen) atoms. The molecule has 0 radical (unpaired) electrons. The molecular formula is C21H24N4O2. The van der Waals surface area contributed by atoms with Crippen LogP contribution in [0.15, 0.2) is 46.9 Å². The number of aromatic hydroxyl groups is 1. The number of phenols is 1. The highest BCUT2D eigenvalue weighted by Crippen LogP contribution is 2.28. The van der Waals surface area contributed by atoms with Crippen LogP contribution in [0.2, 0.25) is 0 Å². The average molecular weight is 364 g/mol. The lowest BCUT2D eigenvalue weighted by Crippen LogP contribution is -2.46. The van der Waals surface area contributed by atoms with E-state index in [0.717, 1.165) is 55.8 Å². The van der Waals surface area contributed by atoms with E-state index in [9.17, 15) is 5.11 Å². The maximum atomic E-state index is 10.1. The number of anilines is 1. The van der Waals surface area contributed by atoms with Crippen LogP contribution in [0.5, 0.6) is 5.75 Å². The summed E-state index contributed by atoms with van der Waals surface area (Å²) in [6.07, 6.45) is 0. The topological polar surface area (TPSA) is 65.6 Å². The maximum Gasteiger partial charge on any atom is 0.165 e. The molecule has 0 amide bonds. The fourth-order valence-corrected chi connectivity index (χ4v) is 3.42. The number of aryl methyl sites for hydroxylation is 2. The highest BCUT2D eigenvalue weighted by molar-refractivity contribution is 5.65. The second-order valence-corrected chi connectivity index (χ2v) is 6.98. The molecule has 6 nitrogen and oxygen atoms in total. The number of phenolic OH excluding ortho intramolecular Hbond substituents is 1. The average Bonchev–Trinajstić information content (AvgIpc) is 3.07. The van der Waals surface area contributed by atoms with Crippen LogP contribution in [0.1, 0.15) is 17.2 Å². The van der Waals surface area contributed by atoms with Crippen molar-refractivity contribution in [1.29, 1.82) is 0 Å². The van der Waals surface area contributed by atoms with E-state index in [-0.39, 0.29) is 5.75 Å². The molecule has 3 heterocycles.